The summed E-state index contributed by atoms with van der Waals surface area (Å²) in [6.45, 7) is 3.92. The molecule has 1 rings (SSSR count). The van der Waals surface area contributed by atoms with Crippen LogP contribution in [0, 0.1) is 13.8 Å². The van der Waals surface area contributed by atoms with Gasteiger partial charge in [-0.1, -0.05) is 18.6 Å². The number of methoxy groups -OCH3 is 1. The zero-order valence-electron chi connectivity index (χ0n) is 11.7. The number of aromatic hydroxyl groups is 1. The maximum Gasteiger partial charge on any atom is 0.121 e. The van der Waals surface area contributed by atoms with E-state index in [2.05, 4.69) is 18.2 Å². The molecule has 0 saturated heterocycles. The van der Waals surface area contributed by atoms with E-state index in [-0.39, 0.29) is 0 Å². The van der Waals surface area contributed by atoms with Crippen molar-refractivity contribution in [3.05, 3.63) is 41.2 Å². The first-order chi connectivity index (χ1) is 8.65. The van der Waals surface area contributed by atoms with Crippen molar-refractivity contribution in [2.45, 2.75) is 46.0 Å². The standard InChI is InChI=1S/C16H24O2/c1-13-11-15(12-14(2)16(13)17)9-7-5-4-6-8-10-18-3/h8,10-12,17H,4-7,9H2,1-3H3/b10-8+. The molecule has 0 bridgehead atoms. The Hall–Kier alpha value is -1.44. The van der Waals surface area contributed by atoms with E-state index < -0.39 is 0 Å². The minimum Gasteiger partial charge on any atom is -0.507 e. The van der Waals surface area contributed by atoms with Crippen LogP contribution in [-0.2, 0) is 11.2 Å². The molecule has 2 nitrogen and oxygen atoms in total. The summed E-state index contributed by atoms with van der Waals surface area (Å²) in [7, 11) is 1.67. The lowest BCUT2D eigenvalue weighted by Crippen LogP contribution is -1.90. The van der Waals surface area contributed by atoms with E-state index in [0.717, 1.165) is 24.0 Å². The van der Waals surface area contributed by atoms with Crippen molar-refractivity contribution in [1.29, 1.82) is 0 Å². The molecule has 0 aliphatic rings. The Kier molecular flexibility index (Phi) is 6.34. The van der Waals surface area contributed by atoms with E-state index in [1.165, 1.54) is 24.8 Å². The predicted molar refractivity (Wildman–Crippen MR) is 75.9 cm³/mol. The topological polar surface area (TPSA) is 29.5 Å². The SMILES string of the molecule is CO/C=C/CCCCCc1cc(C)c(O)c(C)c1. The highest BCUT2D eigenvalue weighted by molar-refractivity contribution is 5.42. The second-order valence-electron chi connectivity index (χ2n) is 4.79. The van der Waals surface area contributed by atoms with Crippen molar-refractivity contribution in [3.63, 3.8) is 0 Å². The highest BCUT2D eigenvalue weighted by atomic mass is 16.5. The smallest absolute Gasteiger partial charge is 0.121 e. The van der Waals surface area contributed by atoms with Gasteiger partial charge in [0.15, 0.2) is 0 Å². The average Bonchev–Trinajstić information content (AvgIpc) is 2.34. The lowest BCUT2D eigenvalue weighted by atomic mass is 10.0. The summed E-state index contributed by atoms with van der Waals surface area (Å²) in [6.07, 6.45) is 9.62. The first kappa shape index (κ1) is 14.6. The first-order valence-electron chi connectivity index (χ1n) is 6.62. The van der Waals surface area contributed by atoms with Crippen LogP contribution in [0.5, 0.6) is 5.75 Å². The summed E-state index contributed by atoms with van der Waals surface area (Å²) in [5.74, 6) is 0.434. The molecule has 18 heavy (non-hydrogen) atoms. The normalized spacial score (nSPS) is 11.1. The van der Waals surface area contributed by atoms with Crippen LogP contribution >= 0.6 is 0 Å². The Labute approximate surface area is 110 Å². The van der Waals surface area contributed by atoms with Gasteiger partial charge in [-0.25, -0.2) is 0 Å². The molecule has 0 radical (unpaired) electrons. The third-order valence-corrected chi connectivity index (χ3v) is 3.12. The third kappa shape index (κ3) is 4.82. The summed E-state index contributed by atoms with van der Waals surface area (Å²) in [5.41, 5.74) is 3.29. The fourth-order valence-electron chi connectivity index (χ4n) is 2.12. The molecule has 2 heteroatoms. The van der Waals surface area contributed by atoms with E-state index >= 15 is 0 Å². The van der Waals surface area contributed by atoms with E-state index in [9.17, 15) is 5.11 Å². The molecule has 0 aromatic heterocycles. The molecule has 1 N–H and O–H groups in total. The lowest BCUT2D eigenvalue weighted by Gasteiger charge is -2.07. The molecule has 0 aliphatic heterocycles. The number of ether oxygens (including phenoxy) is 1. The Morgan fingerprint density at radius 2 is 1.78 bits per heavy atom. The number of allylic oxidation sites excluding steroid dienone is 1. The van der Waals surface area contributed by atoms with Crippen molar-refractivity contribution in [1.82, 2.24) is 0 Å². The van der Waals surface area contributed by atoms with Gasteiger partial charge in [-0.3, -0.25) is 0 Å². The van der Waals surface area contributed by atoms with E-state index in [0.29, 0.717) is 5.75 Å². The summed E-state index contributed by atoms with van der Waals surface area (Å²) < 4.78 is 4.85. The Bertz CT molecular complexity index is 371. The molecule has 0 spiro atoms. The van der Waals surface area contributed by atoms with Crippen LogP contribution in [0.4, 0.5) is 0 Å². The number of phenolic OH excluding ortho intramolecular Hbond substituents is 1. The zero-order chi connectivity index (χ0) is 13.4. The molecule has 0 atom stereocenters. The van der Waals surface area contributed by atoms with Gasteiger partial charge in [0, 0.05) is 0 Å². The predicted octanol–water partition coefficient (Wildman–Crippen LogP) is 4.27. The molecule has 100 valence electrons. The molecular weight excluding hydrogens is 224 g/mol. The Morgan fingerprint density at radius 3 is 2.39 bits per heavy atom. The van der Waals surface area contributed by atoms with Crippen molar-refractivity contribution in [2.24, 2.45) is 0 Å². The van der Waals surface area contributed by atoms with Gasteiger partial charge in [0.2, 0.25) is 0 Å². The van der Waals surface area contributed by atoms with Gasteiger partial charge in [0.05, 0.1) is 13.4 Å². The van der Waals surface area contributed by atoms with Gasteiger partial charge in [-0.05, 0) is 62.3 Å². The Balaban J connectivity index is 2.29. The van der Waals surface area contributed by atoms with Crippen molar-refractivity contribution in [2.75, 3.05) is 7.11 Å². The number of phenols is 1. The van der Waals surface area contributed by atoms with Crippen LogP contribution in [0.3, 0.4) is 0 Å². The second-order valence-corrected chi connectivity index (χ2v) is 4.79. The van der Waals surface area contributed by atoms with E-state index in [4.69, 9.17) is 4.74 Å². The van der Waals surface area contributed by atoms with Crippen LogP contribution in [0.2, 0.25) is 0 Å². The molecule has 1 aromatic rings. The number of hydrogen-bond donors (Lipinski definition) is 1. The first-order valence-corrected chi connectivity index (χ1v) is 6.62. The number of unbranched alkanes of at least 4 members (excludes halogenated alkanes) is 3. The average molecular weight is 248 g/mol. The summed E-state index contributed by atoms with van der Waals surface area (Å²) in [4.78, 5) is 0. The lowest BCUT2D eigenvalue weighted by molar-refractivity contribution is 0.336. The van der Waals surface area contributed by atoms with E-state index in [1.54, 1.807) is 13.4 Å². The molecule has 0 unspecified atom stereocenters. The van der Waals surface area contributed by atoms with Crippen molar-refractivity contribution >= 4 is 0 Å². The maximum atomic E-state index is 9.70. The van der Waals surface area contributed by atoms with Crippen LogP contribution in [0.25, 0.3) is 0 Å². The molecule has 0 amide bonds. The second kappa shape index (κ2) is 7.80. The highest BCUT2D eigenvalue weighted by Gasteiger charge is 2.02. The maximum absolute atomic E-state index is 9.70. The van der Waals surface area contributed by atoms with Gasteiger partial charge in [0.25, 0.3) is 0 Å². The molecular formula is C16H24O2. The minimum atomic E-state index is 0.434. The number of rotatable bonds is 7. The van der Waals surface area contributed by atoms with E-state index in [1.807, 2.05) is 13.8 Å². The van der Waals surface area contributed by atoms with Crippen LogP contribution in [0.1, 0.15) is 42.4 Å². The summed E-state index contributed by atoms with van der Waals surface area (Å²) in [6, 6.07) is 4.18. The molecule has 0 fully saturated rings. The van der Waals surface area contributed by atoms with Gasteiger partial charge >= 0.3 is 0 Å². The quantitative estimate of drug-likeness (QED) is 0.576. The molecule has 0 saturated carbocycles. The third-order valence-electron chi connectivity index (χ3n) is 3.12. The number of hydrogen-bond acceptors (Lipinski definition) is 2. The monoisotopic (exact) mass is 248 g/mol. The fraction of sp³-hybridized carbons (Fsp3) is 0.500. The fourth-order valence-corrected chi connectivity index (χ4v) is 2.12. The summed E-state index contributed by atoms with van der Waals surface area (Å²) in [5, 5.41) is 9.70. The molecule has 0 heterocycles. The highest BCUT2D eigenvalue weighted by Crippen LogP contribution is 2.23. The zero-order valence-corrected chi connectivity index (χ0v) is 11.7. The van der Waals surface area contributed by atoms with Gasteiger partial charge in [-0.2, -0.15) is 0 Å². The van der Waals surface area contributed by atoms with Gasteiger partial charge in [0.1, 0.15) is 5.75 Å². The van der Waals surface area contributed by atoms with Crippen LogP contribution < -0.4 is 0 Å². The van der Waals surface area contributed by atoms with Crippen molar-refractivity contribution < 1.29 is 9.84 Å². The largest absolute Gasteiger partial charge is 0.507 e. The number of aryl methyl sites for hydroxylation is 3. The van der Waals surface area contributed by atoms with Gasteiger partial charge in [-0.15, -0.1) is 0 Å². The Morgan fingerprint density at radius 1 is 1.11 bits per heavy atom. The van der Waals surface area contributed by atoms with Crippen LogP contribution in [0.15, 0.2) is 24.5 Å². The summed E-state index contributed by atoms with van der Waals surface area (Å²) >= 11 is 0. The molecule has 1 aromatic carbocycles. The van der Waals surface area contributed by atoms with Gasteiger partial charge < -0.3 is 9.84 Å². The van der Waals surface area contributed by atoms with Crippen LogP contribution in [-0.4, -0.2) is 12.2 Å². The minimum absolute atomic E-state index is 0.434. The van der Waals surface area contributed by atoms with Crippen molar-refractivity contribution in [3.8, 4) is 5.75 Å². The number of benzene rings is 1. The molecule has 0 aliphatic carbocycles.